The van der Waals surface area contributed by atoms with Crippen molar-refractivity contribution >= 4 is 38.9 Å². The van der Waals surface area contributed by atoms with E-state index in [1.165, 1.54) is 54.5 Å². The van der Waals surface area contributed by atoms with E-state index in [0.717, 1.165) is 31.5 Å². The summed E-state index contributed by atoms with van der Waals surface area (Å²) in [7, 11) is -4.01. The molecule has 1 fully saturated rings. The number of carbonyl (C=O) groups excluding carboxylic acids is 2. The summed E-state index contributed by atoms with van der Waals surface area (Å²) in [5, 5.41) is 3.49. The molecule has 2 heterocycles. The van der Waals surface area contributed by atoms with Gasteiger partial charge in [0.15, 0.2) is 0 Å². The molecule has 0 aromatic heterocycles. The van der Waals surface area contributed by atoms with Crippen LogP contribution in [0.2, 0.25) is 5.02 Å². The summed E-state index contributed by atoms with van der Waals surface area (Å²) >= 11 is 6.20. The van der Waals surface area contributed by atoms with E-state index in [4.69, 9.17) is 11.6 Å². The summed E-state index contributed by atoms with van der Waals surface area (Å²) in [5.41, 5.74) is 1.30. The lowest BCUT2D eigenvalue weighted by molar-refractivity contribution is 0.0944. The molecule has 7 nitrogen and oxygen atoms in total. The standard InChI is InChI=1S/C31H34ClN3O4S/c1-2-25-11-5-6-17-34(25)18-8-16-33-30(36)23-14-15-29-27(20-23)35(21-22-9-7-10-24(32)19-22)31(37)26-12-3-4-13-28(26)40(29,38)39/h3-4,7,9-10,12-15,19-20,25H,2,5-6,8,11,16-18,21H2,1H3,(H,33,36)/t25-/m1/s1. The SMILES string of the molecule is CC[C@@H]1CCCCN1CCCNC(=O)c1ccc2c(c1)N(Cc1cccc(Cl)c1)C(=O)c1ccccc1S2(=O)=O. The van der Waals surface area contributed by atoms with Crippen LogP contribution in [0, 0.1) is 0 Å². The predicted molar refractivity (Wildman–Crippen MR) is 157 cm³/mol. The smallest absolute Gasteiger partial charge is 0.259 e. The molecule has 0 aliphatic carbocycles. The molecule has 0 bridgehead atoms. The molecule has 5 rings (SSSR count). The average Bonchev–Trinajstić information content (AvgIpc) is 3.03. The zero-order valence-electron chi connectivity index (χ0n) is 22.6. The normalized spacial score (nSPS) is 18.5. The Bertz CT molecular complexity index is 1520. The molecule has 2 aliphatic rings. The van der Waals surface area contributed by atoms with E-state index in [9.17, 15) is 18.0 Å². The van der Waals surface area contributed by atoms with Crippen molar-refractivity contribution in [1.29, 1.82) is 0 Å². The number of amides is 2. The molecule has 0 spiro atoms. The van der Waals surface area contributed by atoms with Gasteiger partial charge in [-0.15, -0.1) is 0 Å². The minimum atomic E-state index is -4.01. The Morgan fingerprint density at radius 1 is 1.02 bits per heavy atom. The van der Waals surface area contributed by atoms with Gasteiger partial charge in [-0.05, 0) is 80.3 Å². The first-order chi connectivity index (χ1) is 19.3. The quantitative estimate of drug-likeness (QED) is 0.345. The van der Waals surface area contributed by atoms with Crippen molar-refractivity contribution in [3.63, 3.8) is 0 Å². The third-order valence-corrected chi connectivity index (χ3v) is 9.91. The molecule has 210 valence electrons. The molecule has 0 radical (unpaired) electrons. The van der Waals surface area contributed by atoms with E-state index in [1.54, 1.807) is 30.3 Å². The number of benzene rings is 3. The fourth-order valence-electron chi connectivity index (χ4n) is 5.73. The summed E-state index contributed by atoms with van der Waals surface area (Å²) in [6.45, 7) is 4.86. The van der Waals surface area contributed by atoms with Crippen molar-refractivity contribution in [3.05, 3.63) is 88.4 Å². The third kappa shape index (κ3) is 5.80. The van der Waals surface area contributed by atoms with Crippen molar-refractivity contribution in [3.8, 4) is 0 Å². The first-order valence-corrected chi connectivity index (χ1v) is 15.7. The van der Waals surface area contributed by atoms with Crippen LogP contribution in [0.1, 0.15) is 65.3 Å². The maximum Gasteiger partial charge on any atom is 0.259 e. The van der Waals surface area contributed by atoms with E-state index in [1.807, 2.05) is 6.07 Å². The third-order valence-electron chi connectivity index (χ3n) is 7.81. The van der Waals surface area contributed by atoms with Crippen LogP contribution < -0.4 is 10.2 Å². The number of rotatable bonds is 8. The Hall–Kier alpha value is -3.20. The van der Waals surface area contributed by atoms with Gasteiger partial charge in [-0.2, -0.15) is 0 Å². The van der Waals surface area contributed by atoms with E-state index in [2.05, 4.69) is 17.1 Å². The Morgan fingerprint density at radius 2 is 1.85 bits per heavy atom. The van der Waals surface area contributed by atoms with Crippen LogP contribution in [-0.4, -0.2) is 50.8 Å². The van der Waals surface area contributed by atoms with Crippen molar-refractivity contribution in [1.82, 2.24) is 10.2 Å². The summed E-state index contributed by atoms with van der Waals surface area (Å²) in [5.74, 6) is -0.759. The van der Waals surface area contributed by atoms with Gasteiger partial charge in [0.25, 0.3) is 11.8 Å². The van der Waals surface area contributed by atoms with Gasteiger partial charge in [-0.3, -0.25) is 9.59 Å². The molecule has 3 aromatic rings. The van der Waals surface area contributed by atoms with Gasteiger partial charge in [0, 0.05) is 29.7 Å². The molecule has 1 saturated heterocycles. The van der Waals surface area contributed by atoms with Gasteiger partial charge in [0.1, 0.15) is 0 Å². The second kappa shape index (κ2) is 12.1. The molecule has 1 N–H and O–H groups in total. The molecular formula is C31H34ClN3O4S. The molecule has 2 amide bonds. The highest BCUT2D eigenvalue weighted by atomic mass is 35.5. The average molecular weight is 580 g/mol. The fraction of sp³-hybridized carbons (Fsp3) is 0.355. The minimum Gasteiger partial charge on any atom is -0.352 e. The summed E-state index contributed by atoms with van der Waals surface area (Å²) < 4.78 is 27.4. The second-order valence-electron chi connectivity index (χ2n) is 10.4. The van der Waals surface area contributed by atoms with Crippen LogP contribution >= 0.6 is 11.6 Å². The molecule has 1 atom stereocenters. The Kier molecular flexibility index (Phi) is 8.59. The predicted octanol–water partition coefficient (Wildman–Crippen LogP) is 5.72. The van der Waals surface area contributed by atoms with Gasteiger partial charge >= 0.3 is 0 Å². The van der Waals surface area contributed by atoms with Crippen molar-refractivity contribution in [2.75, 3.05) is 24.5 Å². The first-order valence-electron chi connectivity index (χ1n) is 13.9. The lowest BCUT2D eigenvalue weighted by Crippen LogP contribution is -2.40. The minimum absolute atomic E-state index is 0.0138. The van der Waals surface area contributed by atoms with E-state index >= 15 is 0 Å². The Morgan fingerprint density at radius 3 is 2.65 bits per heavy atom. The number of nitrogens with zero attached hydrogens (tertiary/aromatic N) is 2. The molecular weight excluding hydrogens is 546 g/mol. The second-order valence-corrected chi connectivity index (χ2v) is 12.7. The molecule has 9 heteroatoms. The van der Waals surface area contributed by atoms with Crippen LogP contribution in [0.15, 0.2) is 76.5 Å². The number of nitrogens with one attached hydrogen (secondary N) is 1. The Balaban J connectivity index is 1.42. The number of likely N-dealkylation sites (tertiary alicyclic amines) is 1. The van der Waals surface area contributed by atoms with E-state index < -0.39 is 15.7 Å². The number of carbonyl (C=O) groups is 2. The number of fused-ring (bicyclic) bond motifs is 2. The zero-order chi connectivity index (χ0) is 28.3. The molecule has 0 unspecified atom stereocenters. The fourth-order valence-corrected chi connectivity index (χ4v) is 7.57. The highest BCUT2D eigenvalue weighted by Crippen LogP contribution is 2.38. The van der Waals surface area contributed by atoms with Gasteiger partial charge in [0.2, 0.25) is 9.84 Å². The molecule has 40 heavy (non-hydrogen) atoms. The van der Waals surface area contributed by atoms with Crippen LogP contribution in [-0.2, 0) is 16.4 Å². The number of anilines is 1. The zero-order valence-corrected chi connectivity index (χ0v) is 24.2. The monoisotopic (exact) mass is 579 g/mol. The summed E-state index contributed by atoms with van der Waals surface area (Å²) in [6.07, 6.45) is 5.70. The highest BCUT2D eigenvalue weighted by Gasteiger charge is 2.36. The summed E-state index contributed by atoms with van der Waals surface area (Å²) in [4.78, 5) is 30.8. The molecule has 3 aromatic carbocycles. The number of hydrogen-bond donors (Lipinski definition) is 1. The van der Waals surface area contributed by atoms with Crippen molar-refractivity contribution in [2.45, 2.75) is 61.4 Å². The largest absolute Gasteiger partial charge is 0.352 e. The van der Waals surface area contributed by atoms with E-state index in [0.29, 0.717) is 23.2 Å². The van der Waals surface area contributed by atoms with Crippen molar-refractivity contribution < 1.29 is 18.0 Å². The van der Waals surface area contributed by atoms with Gasteiger partial charge in [-0.25, -0.2) is 8.42 Å². The lowest BCUT2D eigenvalue weighted by Gasteiger charge is -2.35. The first kappa shape index (κ1) is 28.3. The maximum absolute atomic E-state index is 13.8. The number of halogens is 1. The highest BCUT2D eigenvalue weighted by molar-refractivity contribution is 7.91. The lowest BCUT2D eigenvalue weighted by atomic mass is 10.00. The van der Waals surface area contributed by atoms with Crippen LogP contribution in [0.4, 0.5) is 5.69 Å². The number of sulfone groups is 1. The number of piperidine rings is 1. The van der Waals surface area contributed by atoms with Crippen molar-refractivity contribution in [2.24, 2.45) is 0 Å². The van der Waals surface area contributed by atoms with Gasteiger partial charge < -0.3 is 15.1 Å². The van der Waals surface area contributed by atoms with Crippen LogP contribution in [0.25, 0.3) is 0 Å². The molecule has 0 saturated carbocycles. The Labute approximate surface area is 241 Å². The summed E-state index contributed by atoms with van der Waals surface area (Å²) in [6, 6.07) is 18.4. The molecule has 2 aliphatic heterocycles. The van der Waals surface area contributed by atoms with E-state index in [-0.39, 0.29) is 33.5 Å². The van der Waals surface area contributed by atoms with Crippen LogP contribution in [0.5, 0.6) is 0 Å². The van der Waals surface area contributed by atoms with Gasteiger partial charge in [0.05, 0.1) is 27.6 Å². The number of hydrogen-bond acceptors (Lipinski definition) is 5. The van der Waals surface area contributed by atoms with Gasteiger partial charge in [-0.1, -0.05) is 49.2 Å². The maximum atomic E-state index is 13.8. The van der Waals surface area contributed by atoms with Crippen LogP contribution in [0.3, 0.4) is 0 Å². The topological polar surface area (TPSA) is 86.8 Å².